The van der Waals surface area contributed by atoms with Crippen molar-refractivity contribution >= 4 is 212 Å². The second kappa shape index (κ2) is 44.0. The fourth-order valence-corrected chi connectivity index (χ4v) is 17.3. The van der Waals surface area contributed by atoms with Crippen LogP contribution in [0.1, 0.15) is 110 Å². The highest BCUT2D eigenvalue weighted by Crippen LogP contribution is 2.42. The number of thiophene rings is 5. The van der Waals surface area contributed by atoms with Gasteiger partial charge in [-0.2, -0.15) is 4.39 Å². The Balaban J connectivity index is 0.000000154. The lowest BCUT2D eigenvalue weighted by Gasteiger charge is -2.07. The molecule has 0 fully saturated rings. The molecule has 5 amide bonds. The summed E-state index contributed by atoms with van der Waals surface area (Å²) in [6.45, 7) is 1.82. The van der Waals surface area contributed by atoms with Crippen LogP contribution < -0.4 is 40.6 Å². The SMILES string of the molecule is COc1cccc(C(=O)Nc2scc(-c3ccc(Br)cc3)c2C(=O)O)n1.COc1cccc(C(=O)Nc2scc(-c3ccc(Cl)cc3)c2C(=O)O)n1.C[n+]1ccc(C(=O)Nc2scc(-c3ccc(Br)cc3)c2C(=O)O)cc1.Cc1ccc(C(=O)Nc2scc(-c3ccc(Cl)cc3)c2C(=O)O)cn1.O=C(Nc1scc(-c2ccc(Br)cc2)c1C(=O)O)c1cccc(F)n1. The lowest BCUT2D eigenvalue weighted by Crippen LogP contribution is -2.27. The number of aryl methyl sites for hydroxylation is 2. The molecule has 0 unspecified atom stereocenters. The van der Waals surface area contributed by atoms with Gasteiger partial charge in [0.2, 0.25) is 17.7 Å². The molecule has 0 spiro atoms. The van der Waals surface area contributed by atoms with E-state index in [4.69, 9.17) is 32.7 Å². The zero-order valence-corrected chi connectivity index (χ0v) is 76.2. The maximum Gasteiger partial charge on any atom is 0.339 e. The van der Waals surface area contributed by atoms with Gasteiger partial charge in [0.1, 0.15) is 77.0 Å². The Morgan fingerprint density at radius 2 is 0.638 bits per heavy atom. The lowest BCUT2D eigenvalue weighted by atomic mass is 10.0. The van der Waals surface area contributed by atoms with E-state index in [0.717, 1.165) is 87.2 Å². The number of pyridine rings is 5. The second-order valence-corrected chi connectivity index (χ2v) is 34.0. The minimum Gasteiger partial charge on any atom is -0.481 e. The van der Waals surface area contributed by atoms with Crippen LogP contribution in [-0.4, -0.2) is 119 Å². The topological polar surface area (TPSA) is 406 Å². The van der Waals surface area contributed by atoms with Gasteiger partial charge >= 0.3 is 29.8 Å². The molecular weight excluding hydrogens is 1970 g/mol. The summed E-state index contributed by atoms with van der Waals surface area (Å²) in [5.41, 5.74) is 8.29. The number of hydrogen-bond donors (Lipinski definition) is 10. The van der Waals surface area contributed by atoms with Crippen molar-refractivity contribution in [1.82, 2.24) is 19.9 Å². The van der Waals surface area contributed by atoms with Gasteiger partial charge in [0.25, 0.3) is 29.5 Å². The first-order valence-corrected chi connectivity index (χ1v) is 44.0. The highest BCUT2D eigenvalue weighted by atomic mass is 79.9. The van der Waals surface area contributed by atoms with Gasteiger partial charge in [0.15, 0.2) is 12.4 Å². The smallest absolute Gasteiger partial charge is 0.339 e. The van der Waals surface area contributed by atoms with Crippen molar-refractivity contribution in [2.75, 3.05) is 40.8 Å². The number of amides is 5. The zero-order valence-electron chi connectivity index (χ0n) is 65.9. The Morgan fingerprint density at radius 3 is 0.913 bits per heavy atom. The van der Waals surface area contributed by atoms with Crippen molar-refractivity contribution in [3.8, 4) is 67.4 Å². The number of carbonyl (C=O) groups excluding carboxylic acids is 5. The van der Waals surface area contributed by atoms with Gasteiger partial charge in [0.05, 0.1) is 25.3 Å². The average Bonchev–Trinajstić information content (AvgIpc) is 1.67. The Morgan fingerprint density at radius 1 is 0.362 bits per heavy atom. The molecule has 0 aliphatic rings. The predicted molar refractivity (Wildman–Crippen MR) is 499 cm³/mol. The molecular formula is C89H63Br3Cl2FN10O17S5+. The largest absolute Gasteiger partial charge is 0.481 e. The number of hydrogen-bond acceptors (Lipinski definition) is 21. The van der Waals surface area contributed by atoms with Crippen LogP contribution in [0.4, 0.5) is 29.4 Å². The van der Waals surface area contributed by atoms with Crippen LogP contribution in [0.15, 0.2) is 259 Å². The Kier molecular flexibility index (Phi) is 32.6. The third kappa shape index (κ3) is 24.8. The van der Waals surface area contributed by atoms with Crippen molar-refractivity contribution in [2.45, 2.75) is 6.92 Å². The van der Waals surface area contributed by atoms with E-state index in [2.05, 4.69) is 94.3 Å². The first kappa shape index (κ1) is 94.3. The van der Waals surface area contributed by atoms with Crippen molar-refractivity contribution in [3.63, 3.8) is 0 Å². The highest BCUT2D eigenvalue weighted by molar-refractivity contribution is 9.11. The molecule has 38 heteroatoms. The fraction of sp³-hybridized carbons (Fsp3) is 0.0449. The number of anilines is 5. The molecule has 15 aromatic rings. The van der Waals surface area contributed by atoms with E-state index in [0.29, 0.717) is 76.9 Å². The number of ether oxygens (including phenoxy) is 2. The maximum atomic E-state index is 13.1. The van der Waals surface area contributed by atoms with Crippen LogP contribution in [-0.2, 0) is 7.05 Å². The monoisotopic (exact) mass is 2030 g/mol. The molecule has 0 aliphatic carbocycles. The number of aromatic carboxylic acids is 5. The molecule has 15 rings (SSSR count). The molecule has 0 bridgehead atoms. The predicted octanol–water partition coefficient (Wildman–Crippen LogP) is 22.3. The normalized spacial score (nSPS) is 10.4. The molecule has 0 aliphatic heterocycles. The highest BCUT2D eigenvalue weighted by Gasteiger charge is 2.28. The minimum atomic E-state index is -1.17. The van der Waals surface area contributed by atoms with Gasteiger partial charge < -0.3 is 61.6 Å². The summed E-state index contributed by atoms with van der Waals surface area (Å²) in [6.07, 6.45) is 4.97. The van der Waals surface area contributed by atoms with Gasteiger partial charge in [-0.15, -0.1) is 56.7 Å². The summed E-state index contributed by atoms with van der Waals surface area (Å²) in [4.78, 5) is 136. The Labute approximate surface area is 776 Å². The third-order valence-electron chi connectivity index (χ3n) is 17.6. The molecule has 0 saturated carbocycles. The minimum absolute atomic E-state index is 0.0166. The van der Waals surface area contributed by atoms with Crippen LogP contribution in [0.3, 0.4) is 0 Å². The summed E-state index contributed by atoms with van der Waals surface area (Å²) >= 11 is 27.5. The summed E-state index contributed by atoms with van der Waals surface area (Å²) in [7, 11) is 4.76. The van der Waals surface area contributed by atoms with E-state index in [-0.39, 0.29) is 70.8 Å². The van der Waals surface area contributed by atoms with Gasteiger partial charge in [-0.05, 0) is 132 Å². The van der Waals surface area contributed by atoms with Crippen LogP contribution in [0.2, 0.25) is 10.0 Å². The number of halogens is 6. The van der Waals surface area contributed by atoms with E-state index in [1.165, 1.54) is 56.0 Å². The van der Waals surface area contributed by atoms with E-state index in [1.807, 2.05) is 67.1 Å². The molecule has 127 heavy (non-hydrogen) atoms. The van der Waals surface area contributed by atoms with Crippen molar-refractivity contribution in [1.29, 1.82) is 0 Å². The van der Waals surface area contributed by atoms with Gasteiger partial charge in [0, 0.05) is 114 Å². The van der Waals surface area contributed by atoms with Crippen molar-refractivity contribution in [2.24, 2.45) is 7.05 Å². The molecule has 10 aromatic heterocycles. The number of carboxylic acid groups (broad SMARTS) is 5. The maximum absolute atomic E-state index is 13.1. The number of methoxy groups -OCH3 is 2. The molecule has 0 radical (unpaired) electrons. The van der Waals surface area contributed by atoms with E-state index in [1.54, 1.807) is 161 Å². The van der Waals surface area contributed by atoms with Gasteiger partial charge in [-0.1, -0.05) is 150 Å². The van der Waals surface area contributed by atoms with Crippen LogP contribution in [0.25, 0.3) is 55.6 Å². The zero-order chi connectivity index (χ0) is 91.3. The standard InChI is InChI=1S/C18H13BrN2O4S.C18H13BrN2O3S.C18H13ClN2O4S.C18H13ClN2O3S.C17H10BrFN2O3S/c1-25-14-4-2-3-13(20-14)16(22)21-17-15(18(23)24)12(9-26-17)10-5-7-11(19)8-6-10;1-21-8-6-12(7-9-21)16(22)20-17-15(18(23)24)14(10-25-17)11-2-4-13(19)5-3-11;1-25-14-4-2-3-13(20-14)16(22)21-17-15(18(23)24)12(9-26-17)10-5-7-11(19)8-6-10;1-10-2-3-12(8-20-10)16(22)21-17-15(18(23)24)14(9-25-17)11-4-6-13(19)7-5-11;18-10-6-4-9(5-7-10)11-8-25-16(14(11)17(23)24)21-15(22)12-2-1-3-13(19)20-12/h2-9H,1H3,(H,21,22)(H,23,24);2-10H,1H3,(H-,20,22,23,24);2-9H,1H3,(H,21,22)(H,23,24);2-9H,1H3,(H,21,22)(H,23,24);1-8H,(H,21,22)(H,23,24)/p+1. The van der Waals surface area contributed by atoms with Crippen molar-refractivity contribution < 1.29 is 91.9 Å². The Bertz CT molecular complexity index is 6290. The van der Waals surface area contributed by atoms with Gasteiger partial charge in [-0.25, -0.2) is 43.5 Å². The molecule has 642 valence electrons. The number of carboxylic acids is 5. The number of carbonyl (C=O) groups is 10. The van der Waals surface area contributed by atoms with E-state index < -0.39 is 59.4 Å². The lowest BCUT2D eigenvalue weighted by molar-refractivity contribution is -0.671. The summed E-state index contributed by atoms with van der Waals surface area (Å²) < 4.78 is 27.6. The van der Waals surface area contributed by atoms with Gasteiger partial charge in [-0.3, -0.25) is 29.0 Å². The molecule has 5 aromatic carbocycles. The number of benzene rings is 5. The van der Waals surface area contributed by atoms with Crippen LogP contribution in [0, 0.1) is 12.9 Å². The average molecular weight is 2030 g/mol. The van der Waals surface area contributed by atoms with Crippen molar-refractivity contribution in [3.05, 3.63) is 337 Å². The summed E-state index contributed by atoms with van der Waals surface area (Å²) in [6, 6.07) is 55.6. The summed E-state index contributed by atoms with van der Waals surface area (Å²) in [5, 5.41) is 72.0. The molecule has 10 N–H and O–H groups in total. The first-order valence-electron chi connectivity index (χ1n) is 36.5. The third-order valence-corrected chi connectivity index (χ3v) is 24.2. The molecule has 27 nitrogen and oxygen atoms in total. The molecule has 0 saturated heterocycles. The molecule has 10 heterocycles. The quantitative estimate of drug-likeness (QED) is 0.0222. The Hall–Kier alpha value is -13.4. The second-order valence-electron chi connectivity index (χ2n) is 26.0. The van der Waals surface area contributed by atoms with E-state index >= 15 is 0 Å². The molecule has 0 atom stereocenters. The first-order chi connectivity index (χ1) is 60.8. The number of nitrogens with zero attached hydrogens (tertiary/aromatic N) is 5. The number of rotatable bonds is 22. The van der Waals surface area contributed by atoms with Crippen LogP contribution in [0.5, 0.6) is 11.8 Å². The number of nitrogens with one attached hydrogen (secondary N) is 5. The fourth-order valence-electron chi connectivity index (χ4n) is 11.5. The van der Waals surface area contributed by atoms with E-state index in [9.17, 15) is 77.9 Å². The summed E-state index contributed by atoms with van der Waals surface area (Å²) in [5.74, 6) is -8.22. The van der Waals surface area contributed by atoms with Crippen LogP contribution >= 0.6 is 128 Å². The number of aromatic nitrogens is 5.